The van der Waals surface area contributed by atoms with Crippen LogP contribution in [0.2, 0.25) is 0 Å². The lowest BCUT2D eigenvalue weighted by Gasteiger charge is -2.28. The monoisotopic (exact) mass is 265 g/mol. The molecule has 5 heteroatoms. The maximum absolute atomic E-state index is 11.9. The first-order chi connectivity index (χ1) is 9.13. The first kappa shape index (κ1) is 12.9. The Morgan fingerprint density at radius 1 is 1.16 bits per heavy atom. The van der Waals surface area contributed by atoms with Crippen molar-refractivity contribution in [3.63, 3.8) is 0 Å². The van der Waals surface area contributed by atoms with E-state index in [1.807, 2.05) is 0 Å². The van der Waals surface area contributed by atoms with Crippen LogP contribution in [0, 0.1) is 5.92 Å². The number of carbonyl (C=O) groups is 2. The molecule has 0 spiro atoms. The molecule has 0 bridgehead atoms. The van der Waals surface area contributed by atoms with E-state index >= 15 is 0 Å². The maximum Gasteiger partial charge on any atom is 0.321 e. The largest absolute Gasteiger partial charge is 0.335 e. The van der Waals surface area contributed by atoms with Crippen molar-refractivity contribution in [2.45, 2.75) is 63.6 Å². The van der Waals surface area contributed by atoms with Gasteiger partial charge in [0.2, 0.25) is 5.91 Å². The predicted molar refractivity (Wildman–Crippen MR) is 71.6 cm³/mol. The van der Waals surface area contributed by atoms with E-state index in [1.54, 1.807) is 0 Å². The highest BCUT2D eigenvalue weighted by molar-refractivity contribution is 5.95. The second-order valence-corrected chi connectivity index (χ2v) is 6.28. The Balaban J connectivity index is 1.46. The lowest BCUT2D eigenvalue weighted by atomic mass is 10.1. The summed E-state index contributed by atoms with van der Waals surface area (Å²) >= 11 is 0. The summed E-state index contributed by atoms with van der Waals surface area (Å²) < 4.78 is 0. The minimum absolute atomic E-state index is 0.169. The quantitative estimate of drug-likeness (QED) is 0.759. The fourth-order valence-corrected chi connectivity index (χ4v) is 2.64. The molecule has 3 saturated carbocycles. The van der Waals surface area contributed by atoms with Crippen LogP contribution in [0.5, 0.6) is 0 Å². The summed E-state index contributed by atoms with van der Waals surface area (Å²) in [6, 6.07) is 0.998. The lowest BCUT2D eigenvalue weighted by molar-refractivity contribution is -0.121. The van der Waals surface area contributed by atoms with E-state index in [4.69, 9.17) is 0 Å². The summed E-state index contributed by atoms with van der Waals surface area (Å²) in [7, 11) is 0. The second kappa shape index (κ2) is 5.12. The third kappa shape index (κ3) is 3.69. The number of amides is 3. The van der Waals surface area contributed by atoms with E-state index < -0.39 is 0 Å². The SMILES string of the molecule is C[C@H](C1CC1)N(CC(=O)NC(=O)NC1CC1)C1CC1. The average Bonchev–Trinajstić information content (AvgIpc) is 3.21. The number of carbonyl (C=O) groups excluding carboxylic acids is 2. The predicted octanol–water partition coefficient (Wildman–Crippen LogP) is 1.24. The van der Waals surface area contributed by atoms with Gasteiger partial charge in [-0.3, -0.25) is 15.0 Å². The van der Waals surface area contributed by atoms with Crippen molar-refractivity contribution in [1.82, 2.24) is 15.5 Å². The van der Waals surface area contributed by atoms with Gasteiger partial charge in [-0.2, -0.15) is 0 Å². The van der Waals surface area contributed by atoms with E-state index in [1.165, 1.54) is 25.7 Å². The summed E-state index contributed by atoms with van der Waals surface area (Å²) in [5.74, 6) is 0.589. The fraction of sp³-hybridized carbons (Fsp3) is 0.857. The number of imide groups is 1. The third-order valence-corrected chi connectivity index (χ3v) is 4.33. The molecule has 0 unspecified atom stereocenters. The van der Waals surface area contributed by atoms with Crippen molar-refractivity contribution in [3.8, 4) is 0 Å². The molecule has 0 aromatic carbocycles. The molecular weight excluding hydrogens is 242 g/mol. The Kier molecular flexibility index (Phi) is 3.48. The standard InChI is InChI=1S/C14H23N3O2/c1-9(10-2-3-10)17(12-6-7-12)8-13(18)16-14(19)15-11-4-5-11/h9-12H,2-8H2,1H3,(H2,15,16,18,19)/t9-/m1/s1. The maximum atomic E-state index is 11.9. The van der Waals surface area contributed by atoms with Crippen molar-refractivity contribution in [1.29, 1.82) is 0 Å². The summed E-state index contributed by atoms with van der Waals surface area (Å²) in [5, 5.41) is 5.23. The van der Waals surface area contributed by atoms with Gasteiger partial charge < -0.3 is 5.32 Å². The van der Waals surface area contributed by atoms with Crippen LogP contribution in [0.1, 0.15) is 45.4 Å². The minimum atomic E-state index is -0.331. The zero-order valence-corrected chi connectivity index (χ0v) is 11.5. The van der Waals surface area contributed by atoms with Crippen LogP contribution in [-0.2, 0) is 4.79 Å². The topological polar surface area (TPSA) is 61.4 Å². The van der Waals surface area contributed by atoms with Crippen LogP contribution in [0.25, 0.3) is 0 Å². The van der Waals surface area contributed by atoms with Gasteiger partial charge in [0.15, 0.2) is 0 Å². The Morgan fingerprint density at radius 3 is 2.37 bits per heavy atom. The highest BCUT2D eigenvalue weighted by Crippen LogP contribution is 2.39. The molecule has 1 atom stereocenters. The van der Waals surface area contributed by atoms with E-state index in [0.29, 0.717) is 18.6 Å². The van der Waals surface area contributed by atoms with Crippen LogP contribution in [0.4, 0.5) is 4.79 Å². The Bertz CT molecular complexity index is 373. The molecule has 5 nitrogen and oxygen atoms in total. The van der Waals surface area contributed by atoms with E-state index in [-0.39, 0.29) is 18.0 Å². The fourth-order valence-electron chi connectivity index (χ4n) is 2.64. The molecule has 3 rings (SSSR count). The number of urea groups is 1. The summed E-state index contributed by atoms with van der Waals surface area (Å²) in [5.41, 5.74) is 0. The molecule has 3 amide bonds. The van der Waals surface area contributed by atoms with Gasteiger partial charge in [0, 0.05) is 18.1 Å². The van der Waals surface area contributed by atoms with Crippen LogP contribution in [-0.4, -0.2) is 41.5 Å². The first-order valence-electron chi connectivity index (χ1n) is 7.49. The van der Waals surface area contributed by atoms with E-state index in [9.17, 15) is 9.59 Å². The number of nitrogens with one attached hydrogen (secondary N) is 2. The minimum Gasteiger partial charge on any atom is -0.335 e. The lowest BCUT2D eigenvalue weighted by Crippen LogP contribution is -2.48. The van der Waals surface area contributed by atoms with Crippen LogP contribution < -0.4 is 10.6 Å². The van der Waals surface area contributed by atoms with Crippen molar-refractivity contribution in [2.24, 2.45) is 5.92 Å². The summed E-state index contributed by atoms with van der Waals surface area (Å²) in [4.78, 5) is 25.7. The molecular formula is C14H23N3O2. The van der Waals surface area contributed by atoms with Crippen molar-refractivity contribution >= 4 is 11.9 Å². The summed E-state index contributed by atoms with van der Waals surface area (Å²) in [6.07, 6.45) is 7.03. The third-order valence-electron chi connectivity index (χ3n) is 4.33. The molecule has 3 fully saturated rings. The molecule has 0 aromatic rings. The molecule has 0 aromatic heterocycles. The molecule has 106 valence electrons. The number of hydrogen-bond donors (Lipinski definition) is 2. The molecule has 0 aliphatic heterocycles. The van der Waals surface area contributed by atoms with Gasteiger partial charge in [0.25, 0.3) is 0 Å². The van der Waals surface area contributed by atoms with E-state index in [2.05, 4.69) is 22.5 Å². The van der Waals surface area contributed by atoms with Crippen molar-refractivity contribution in [3.05, 3.63) is 0 Å². The van der Waals surface area contributed by atoms with Gasteiger partial charge in [-0.15, -0.1) is 0 Å². The highest BCUT2D eigenvalue weighted by Gasteiger charge is 2.40. The van der Waals surface area contributed by atoms with Gasteiger partial charge in [0.05, 0.1) is 6.54 Å². The van der Waals surface area contributed by atoms with Crippen molar-refractivity contribution in [2.75, 3.05) is 6.54 Å². The van der Waals surface area contributed by atoms with Crippen LogP contribution >= 0.6 is 0 Å². The Morgan fingerprint density at radius 2 is 1.84 bits per heavy atom. The number of hydrogen-bond acceptors (Lipinski definition) is 3. The normalized spacial score (nSPS) is 24.1. The van der Waals surface area contributed by atoms with Crippen LogP contribution in [0.3, 0.4) is 0 Å². The number of nitrogens with zero attached hydrogens (tertiary/aromatic N) is 1. The zero-order chi connectivity index (χ0) is 13.4. The van der Waals surface area contributed by atoms with Crippen molar-refractivity contribution < 1.29 is 9.59 Å². The smallest absolute Gasteiger partial charge is 0.321 e. The highest BCUT2D eigenvalue weighted by atomic mass is 16.2. The molecule has 0 saturated heterocycles. The first-order valence-corrected chi connectivity index (χ1v) is 7.49. The van der Waals surface area contributed by atoms with E-state index in [0.717, 1.165) is 18.8 Å². The molecule has 3 aliphatic rings. The zero-order valence-electron chi connectivity index (χ0n) is 11.5. The average molecular weight is 265 g/mol. The van der Waals surface area contributed by atoms with Gasteiger partial charge in [-0.05, 0) is 51.4 Å². The van der Waals surface area contributed by atoms with Crippen LogP contribution in [0.15, 0.2) is 0 Å². The molecule has 19 heavy (non-hydrogen) atoms. The summed E-state index contributed by atoms with van der Waals surface area (Å²) in [6.45, 7) is 2.58. The number of rotatable bonds is 6. The Hall–Kier alpha value is -1.10. The van der Waals surface area contributed by atoms with Gasteiger partial charge >= 0.3 is 6.03 Å². The van der Waals surface area contributed by atoms with Gasteiger partial charge in [0.1, 0.15) is 0 Å². The molecule has 0 heterocycles. The van der Waals surface area contributed by atoms with Gasteiger partial charge in [-0.1, -0.05) is 0 Å². The Labute approximate surface area is 114 Å². The molecule has 0 radical (unpaired) electrons. The van der Waals surface area contributed by atoms with Gasteiger partial charge in [-0.25, -0.2) is 4.79 Å². The second-order valence-electron chi connectivity index (χ2n) is 6.28. The molecule has 2 N–H and O–H groups in total. The molecule has 3 aliphatic carbocycles.